The normalized spacial score (nSPS) is 49.4. The first-order valence-corrected chi connectivity index (χ1v) is 21.8. The first-order valence-electron chi connectivity index (χ1n) is 21.8. The van der Waals surface area contributed by atoms with E-state index in [0.717, 1.165) is 6.26 Å². The number of carbonyl (C=O) groups is 1. The SMILES string of the molecule is C=C[C@@H]1C2=CCOC(=O)C2=CO[C@H]1O[C@@H]1O[C@H](CO[C@@H]2O[C@H](CO[C@@H]3O[C@H](CO[C@@H]4O[C@H](CO[C@@H]5O[C@H](CO)[C@@H](O)[C@H](O)[C@H]5O)[C@@H](O)[C@H](O)[C@H]4O)[C@@H](O)[C@H](O)[C@H]3O)[C@@H](O)[C@H](O)[C@H]2O)[C@@H](O)[C@H](O)[C@H]1O. The monoisotopic (exact) mass is 1000 g/mol. The van der Waals surface area contributed by atoms with Crippen LogP contribution in [0.3, 0.4) is 0 Å². The van der Waals surface area contributed by atoms with Crippen LogP contribution in [0, 0.1) is 5.92 Å². The molecule has 394 valence electrons. The van der Waals surface area contributed by atoms with Gasteiger partial charge in [-0.25, -0.2) is 4.79 Å². The van der Waals surface area contributed by atoms with Crippen LogP contribution >= 0.6 is 0 Å². The molecule has 69 heavy (non-hydrogen) atoms. The summed E-state index contributed by atoms with van der Waals surface area (Å²) in [6, 6.07) is 0. The third-order valence-electron chi connectivity index (χ3n) is 12.8. The molecule has 27 atom stereocenters. The van der Waals surface area contributed by atoms with Crippen LogP contribution in [0.25, 0.3) is 0 Å². The van der Waals surface area contributed by atoms with E-state index in [1.807, 2.05) is 0 Å². The van der Waals surface area contributed by atoms with E-state index in [4.69, 9.17) is 56.8 Å². The molecule has 0 bridgehead atoms. The van der Waals surface area contributed by atoms with Crippen molar-refractivity contribution in [3.63, 3.8) is 0 Å². The summed E-state index contributed by atoms with van der Waals surface area (Å²) in [5, 5.41) is 168. The Labute approximate surface area is 390 Å². The molecule has 0 aromatic heterocycles. The zero-order chi connectivity index (χ0) is 50.2. The minimum Gasteiger partial charge on any atom is -0.471 e. The molecule has 29 heteroatoms. The second-order valence-corrected chi connectivity index (χ2v) is 17.3. The van der Waals surface area contributed by atoms with Gasteiger partial charge in [0, 0.05) is 0 Å². The summed E-state index contributed by atoms with van der Waals surface area (Å²) in [4.78, 5) is 12.2. The predicted octanol–water partition coefficient (Wildman–Crippen LogP) is -10.4. The van der Waals surface area contributed by atoms with Crippen molar-refractivity contribution in [1.82, 2.24) is 0 Å². The Kier molecular flexibility index (Phi) is 18.2. The molecule has 7 aliphatic rings. The molecular formula is C40H60O29. The van der Waals surface area contributed by atoms with E-state index in [1.165, 1.54) is 6.08 Å². The predicted molar refractivity (Wildman–Crippen MR) is 211 cm³/mol. The van der Waals surface area contributed by atoms with E-state index in [-0.39, 0.29) is 12.2 Å². The largest absolute Gasteiger partial charge is 0.471 e. The lowest BCUT2D eigenvalue weighted by Gasteiger charge is -2.45. The van der Waals surface area contributed by atoms with Gasteiger partial charge < -0.3 is 139 Å². The Morgan fingerprint density at radius 1 is 0.478 bits per heavy atom. The summed E-state index contributed by atoms with van der Waals surface area (Å²) in [5.41, 5.74) is 0.580. The van der Waals surface area contributed by atoms with Crippen molar-refractivity contribution in [3.05, 3.63) is 36.1 Å². The van der Waals surface area contributed by atoms with Crippen LogP contribution in [0.4, 0.5) is 0 Å². The Morgan fingerprint density at radius 3 is 1.17 bits per heavy atom. The van der Waals surface area contributed by atoms with Crippen LogP contribution in [0.15, 0.2) is 36.1 Å². The average molecular weight is 1000 g/mol. The Hall–Kier alpha value is -2.55. The molecule has 0 amide bonds. The number of rotatable bonds is 16. The maximum atomic E-state index is 12.2. The molecule has 0 unspecified atom stereocenters. The van der Waals surface area contributed by atoms with Crippen molar-refractivity contribution in [1.29, 1.82) is 0 Å². The lowest BCUT2D eigenvalue weighted by molar-refractivity contribution is -0.356. The van der Waals surface area contributed by atoms with Crippen molar-refractivity contribution in [2.75, 3.05) is 39.6 Å². The molecule has 0 aromatic rings. The van der Waals surface area contributed by atoms with Crippen LogP contribution < -0.4 is 0 Å². The summed E-state index contributed by atoms with van der Waals surface area (Å²) < 4.78 is 66.3. The summed E-state index contributed by atoms with van der Waals surface area (Å²) in [5.74, 6) is -1.41. The van der Waals surface area contributed by atoms with Crippen molar-refractivity contribution in [3.8, 4) is 0 Å². The fraction of sp³-hybridized carbons (Fsp3) is 0.825. The van der Waals surface area contributed by atoms with Gasteiger partial charge in [-0.3, -0.25) is 0 Å². The molecule has 5 fully saturated rings. The zero-order valence-electron chi connectivity index (χ0n) is 36.2. The van der Waals surface area contributed by atoms with Crippen LogP contribution in [0.2, 0.25) is 0 Å². The summed E-state index contributed by atoms with van der Waals surface area (Å²) in [7, 11) is 0. The van der Waals surface area contributed by atoms with E-state index in [0.29, 0.717) is 5.57 Å². The number of carbonyl (C=O) groups excluding carboxylic acids is 1. The minimum atomic E-state index is -1.99. The number of esters is 1. The molecule has 29 nitrogen and oxygen atoms in total. The number of fused-ring (bicyclic) bond motifs is 1. The average Bonchev–Trinajstić information content (AvgIpc) is 3.34. The second kappa shape index (κ2) is 23.1. The van der Waals surface area contributed by atoms with Gasteiger partial charge in [0.25, 0.3) is 0 Å². The number of aliphatic hydroxyl groups excluding tert-OH is 16. The molecule has 0 aliphatic carbocycles. The summed E-state index contributed by atoms with van der Waals surface area (Å²) in [6.07, 6.45) is -41.7. The zero-order valence-corrected chi connectivity index (χ0v) is 36.2. The molecule has 0 aromatic carbocycles. The van der Waals surface area contributed by atoms with Gasteiger partial charge in [-0.1, -0.05) is 6.08 Å². The lowest BCUT2D eigenvalue weighted by Crippen LogP contribution is -2.63. The van der Waals surface area contributed by atoms with Gasteiger partial charge in [0.1, 0.15) is 135 Å². The molecule has 7 heterocycles. The van der Waals surface area contributed by atoms with Crippen molar-refractivity contribution in [2.24, 2.45) is 5.92 Å². The molecule has 7 aliphatic heterocycles. The highest BCUT2D eigenvalue weighted by atomic mass is 16.8. The van der Waals surface area contributed by atoms with Crippen molar-refractivity contribution < 1.29 is 143 Å². The van der Waals surface area contributed by atoms with Gasteiger partial charge in [0.05, 0.1) is 44.5 Å². The smallest absolute Gasteiger partial charge is 0.341 e. The fourth-order valence-corrected chi connectivity index (χ4v) is 8.50. The Balaban J connectivity index is 0.923. The quantitative estimate of drug-likeness (QED) is 0.0504. The van der Waals surface area contributed by atoms with Gasteiger partial charge >= 0.3 is 5.97 Å². The minimum absolute atomic E-state index is 0.0316. The van der Waals surface area contributed by atoms with Crippen LogP contribution in [0.5, 0.6) is 0 Å². The number of hydrogen-bond donors (Lipinski definition) is 16. The molecular weight excluding hydrogens is 944 g/mol. The van der Waals surface area contributed by atoms with E-state index < -0.39 is 205 Å². The number of ether oxygens (including phenoxy) is 12. The molecule has 0 radical (unpaired) electrons. The standard InChI is InChI=1S/C40H60O29/c1-2-11-12-3-4-58-34(57)13(12)6-59-35(11)69-40-33(56)28(51)23(46)18(68-40)10-63-39-32(55)27(50)22(45)17(67-39)9-62-38-31(54)26(49)21(44)16(66-38)8-61-37-30(53)25(48)20(43)15(65-37)7-60-36-29(52)24(47)19(42)14(5-41)64-36/h2-3,6,11,14-33,35-56H,1,4-5,7-10H2/t11-,14-,15-,16-,17-,18-,19-,20-,21-,22-,23-,24+,25+,26+,27+,28+,29-,30-,31-,32-,33-,35+,36-,37-,38-,39-,40+/m1/s1. The van der Waals surface area contributed by atoms with Gasteiger partial charge in [0.2, 0.25) is 6.29 Å². The molecule has 5 saturated heterocycles. The van der Waals surface area contributed by atoms with Crippen molar-refractivity contribution >= 4 is 5.97 Å². The Bertz CT molecular complexity index is 1770. The highest BCUT2D eigenvalue weighted by Crippen LogP contribution is 2.37. The van der Waals surface area contributed by atoms with E-state index in [1.54, 1.807) is 6.08 Å². The van der Waals surface area contributed by atoms with Crippen LogP contribution in [-0.4, -0.2) is 287 Å². The first-order chi connectivity index (χ1) is 32.8. The number of aliphatic hydroxyl groups is 16. The number of cyclic esters (lactones) is 1. The van der Waals surface area contributed by atoms with E-state index in [9.17, 15) is 86.5 Å². The van der Waals surface area contributed by atoms with Crippen molar-refractivity contribution in [2.45, 2.75) is 160 Å². The maximum Gasteiger partial charge on any atom is 0.341 e. The number of hydrogen-bond acceptors (Lipinski definition) is 29. The molecule has 7 rings (SSSR count). The van der Waals surface area contributed by atoms with Gasteiger partial charge in [-0.2, -0.15) is 0 Å². The lowest BCUT2D eigenvalue weighted by atomic mass is 9.89. The third kappa shape index (κ3) is 11.3. The maximum absolute atomic E-state index is 12.2. The Morgan fingerprint density at radius 2 is 0.812 bits per heavy atom. The highest BCUT2D eigenvalue weighted by Gasteiger charge is 2.52. The molecule has 0 spiro atoms. The second-order valence-electron chi connectivity index (χ2n) is 17.3. The van der Waals surface area contributed by atoms with E-state index in [2.05, 4.69) is 6.58 Å². The third-order valence-corrected chi connectivity index (χ3v) is 12.8. The van der Waals surface area contributed by atoms with Gasteiger partial charge in [-0.05, 0) is 11.6 Å². The van der Waals surface area contributed by atoms with Gasteiger partial charge in [0.15, 0.2) is 31.5 Å². The highest BCUT2D eigenvalue weighted by molar-refractivity contribution is 5.94. The fourth-order valence-electron chi connectivity index (χ4n) is 8.50. The molecule has 16 N–H and O–H groups in total. The summed E-state index contributed by atoms with van der Waals surface area (Å²) in [6.45, 7) is 0.0206. The molecule has 0 saturated carbocycles. The summed E-state index contributed by atoms with van der Waals surface area (Å²) >= 11 is 0. The van der Waals surface area contributed by atoms with Crippen LogP contribution in [0.1, 0.15) is 0 Å². The van der Waals surface area contributed by atoms with Crippen LogP contribution in [-0.2, 0) is 61.6 Å². The first kappa shape index (κ1) is 54.2. The topological polar surface area (TPSA) is 452 Å². The van der Waals surface area contributed by atoms with Gasteiger partial charge in [-0.15, -0.1) is 6.58 Å². The van der Waals surface area contributed by atoms with E-state index >= 15 is 0 Å².